The molecule has 1 aliphatic carbocycles. The van der Waals surface area contributed by atoms with Gasteiger partial charge in [-0.2, -0.15) is 0 Å². The van der Waals surface area contributed by atoms with Crippen molar-refractivity contribution >= 4 is 0 Å². The van der Waals surface area contributed by atoms with Gasteiger partial charge in [-0.3, -0.25) is 0 Å². The van der Waals surface area contributed by atoms with E-state index >= 15 is 0 Å². The van der Waals surface area contributed by atoms with Gasteiger partial charge < -0.3 is 15.1 Å². The minimum atomic E-state index is -0.185. The summed E-state index contributed by atoms with van der Waals surface area (Å²) in [5, 5.41) is 20.1. The first-order chi connectivity index (χ1) is 7.99. The fraction of sp³-hybridized carbons (Fsp3) is 1.00. The minimum Gasteiger partial charge on any atom is -0.392 e. The summed E-state index contributed by atoms with van der Waals surface area (Å²) in [6.45, 7) is 7.19. The molecule has 3 nitrogen and oxygen atoms in total. The fourth-order valence-electron chi connectivity index (χ4n) is 3.48. The van der Waals surface area contributed by atoms with Gasteiger partial charge in [0.15, 0.2) is 0 Å². The molecule has 2 fully saturated rings. The zero-order valence-electron chi connectivity index (χ0n) is 11.2. The average molecular weight is 241 g/mol. The van der Waals surface area contributed by atoms with Crippen LogP contribution in [0.15, 0.2) is 0 Å². The van der Waals surface area contributed by atoms with Gasteiger partial charge in [0.05, 0.1) is 12.2 Å². The van der Waals surface area contributed by atoms with Crippen molar-refractivity contribution < 1.29 is 10.2 Å². The summed E-state index contributed by atoms with van der Waals surface area (Å²) < 4.78 is 0. The van der Waals surface area contributed by atoms with E-state index in [0.717, 1.165) is 45.3 Å². The van der Waals surface area contributed by atoms with Crippen molar-refractivity contribution in [3.05, 3.63) is 0 Å². The Balaban J connectivity index is 1.89. The standard InChI is InChI=1S/C14H27NO2/c1-14(2)7-3-5-11(13(14)17)9-15-8-4-6-12(16)10-15/h11-13,16-17H,3-10H2,1-2H3. The number of piperidine rings is 1. The highest BCUT2D eigenvalue weighted by Crippen LogP contribution is 2.39. The van der Waals surface area contributed by atoms with Crippen molar-refractivity contribution in [2.45, 2.75) is 58.2 Å². The highest BCUT2D eigenvalue weighted by atomic mass is 16.3. The third kappa shape index (κ3) is 3.21. The van der Waals surface area contributed by atoms with Gasteiger partial charge in [0.2, 0.25) is 0 Å². The molecular formula is C14H27NO2. The van der Waals surface area contributed by atoms with Crippen molar-refractivity contribution in [2.75, 3.05) is 19.6 Å². The lowest BCUT2D eigenvalue weighted by molar-refractivity contribution is -0.0499. The van der Waals surface area contributed by atoms with E-state index in [2.05, 4.69) is 18.7 Å². The third-order valence-corrected chi connectivity index (χ3v) is 4.62. The number of nitrogens with zero attached hydrogens (tertiary/aromatic N) is 1. The summed E-state index contributed by atoms with van der Waals surface area (Å²) >= 11 is 0. The van der Waals surface area contributed by atoms with Crippen LogP contribution in [0.2, 0.25) is 0 Å². The van der Waals surface area contributed by atoms with Crippen LogP contribution in [0.25, 0.3) is 0 Å². The lowest BCUT2D eigenvalue weighted by atomic mass is 9.69. The second kappa shape index (κ2) is 5.25. The Bertz CT molecular complexity index is 255. The molecule has 3 unspecified atom stereocenters. The van der Waals surface area contributed by atoms with Crippen molar-refractivity contribution in [3.63, 3.8) is 0 Å². The molecule has 1 aliphatic heterocycles. The quantitative estimate of drug-likeness (QED) is 0.772. The number of aliphatic hydroxyl groups excluding tert-OH is 2. The molecule has 1 saturated heterocycles. The molecule has 0 aromatic rings. The summed E-state index contributed by atoms with van der Waals surface area (Å²) in [4.78, 5) is 2.34. The van der Waals surface area contributed by atoms with E-state index < -0.39 is 0 Å². The van der Waals surface area contributed by atoms with Crippen LogP contribution in [0.3, 0.4) is 0 Å². The van der Waals surface area contributed by atoms with Crippen LogP contribution < -0.4 is 0 Å². The smallest absolute Gasteiger partial charge is 0.0667 e. The Morgan fingerprint density at radius 3 is 2.65 bits per heavy atom. The van der Waals surface area contributed by atoms with Crippen LogP contribution in [-0.2, 0) is 0 Å². The molecule has 0 aromatic carbocycles. The predicted octanol–water partition coefficient (Wildman–Crippen LogP) is 1.63. The van der Waals surface area contributed by atoms with Gasteiger partial charge in [0.25, 0.3) is 0 Å². The van der Waals surface area contributed by atoms with Gasteiger partial charge in [0, 0.05) is 13.1 Å². The van der Waals surface area contributed by atoms with Crippen LogP contribution in [-0.4, -0.2) is 47.0 Å². The zero-order valence-corrected chi connectivity index (χ0v) is 11.2. The number of hydrogen-bond acceptors (Lipinski definition) is 3. The molecule has 2 aliphatic rings. The van der Waals surface area contributed by atoms with Crippen molar-refractivity contribution in [1.29, 1.82) is 0 Å². The number of rotatable bonds is 2. The van der Waals surface area contributed by atoms with Gasteiger partial charge in [-0.05, 0) is 43.6 Å². The van der Waals surface area contributed by atoms with E-state index in [4.69, 9.17) is 0 Å². The molecule has 100 valence electrons. The van der Waals surface area contributed by atoms with Gasteiger partial charge in [-0.15, -0.1) is 0 Å². The largest absolute Gasteiger partial charge is 0.392 e. The topological polar surface area (TPSA) is 43.7 Å². The number of hydrogen-bond donors (Lipinski definition) is 2. The summed E-state index contributed by atoms with van der Waals surface area (Å²) in [6, 6.07) is 0. The Labute approximate surface area is 105 Å². The van der Waals surface area contributed by atoms with E-state index in [1.807, 2.05) is 0 Å². The lowest BCUT2D eigenvalue weighted by Gasteiger charge is -2.43. The Kier molecular flexibility index (Phi) is 4.11. The minimum absolute atomic E-state index is 0.0668. The molecule has 1 saturated carbocycles. The second-order valence-corrected chi connectivity index (χ2v) is 6.64. The number of aliphatic hydroxyl groups is 2. The molecule has 3 heteroatoms. The molecule has 1 heterocycles. The van der Waals surface area contributed by atoms with E-state index in [-0.39, 0.29) is 17.6 Å². The molecule has 0 bridgehead atoms. The SMILES string of the molecule is CC1(C)CCCC(CN2CCCC(O)C2)C1O. The predicted molar refractivity (Wildman–Crippen MR) is 68.8 cm³/mol. The van der Waals surface area contributed by atoms with E-state index in [1.165, 1.54) is 6.42 Å². The van der Waals surface area contributed by atoms with Crippen LogP contribution in [0.5, 0.6) is 0 Å². The summed E-state index contributed by atoms with van der Waals surface area (Å²) in [5.41, 5.74) is 0.0668. The van der Waals surface area contributed by atoms with Gasteiger partial charge in [-0.1, -0.05) is 20.3 Å². The lowest BCUT2D eigenvalue weighted by Crippen LogP contribution is -2.48. The van der Waals surface area contributed by atoms with Crippen LogP contribution >= 0.6 is 0 Å². The Morgan fingerprint density at radius 2 is 1.94 bits per heavy atom. The maximum Gasteiger partial charge on any atom is 0.0667 e. The van der Waals surface area contributed by atoms with Crippen molar-refractivity contribution in [2.24, 2.45) is 11.3 Å². The summed E-state index contributed by atoms with van der Waals surface area (Å²) in [5.74, 6) is 0.393. The molecule has 0 aromatic heterocycles. The summed E-state index contributed by atoms with van der Waals surface area (Å²) in [7, 11) is 0. The van der Waals surface area contributed by atoms with Gasteiger partial charge in [0.1, 0.15) is 0 Å². The normalized spacial score (nSPS) is 39.2. The van der Waals surface area contributed by atoms with E-state index in [0.29, 0.717) is 5.92 Å². The van der Waals surface area contributed by atoms with Gasteiger partial charge >= 0.3 is 0 Å². The Morgan fingerprint density at radius 1 is 1.18 bits per heavy atom. The molecule has 2 N–H and O–H groups in total. The van der Waals surface area contributed by atoms with E-state index in [9.17, 15) is 10.2 Å². The monoisotopic (exact) mass is 241 g/mol. The van der Waals surface area contributed by atoms with Crippen LogP contribution in [0.4, 0.5) is 0 Å². The third-order valence-electron chi connectivity index (χ3n) is 4.62. The average Bonchev–Trinajstić information content (AvgIpc) is 2.25. The van der Waals surface area contributed by atoms with E-state index in [1.54, 1.807) is 0 Å². The molecule has 2 rings (SSSR count). The molecule has 3 atom stereocenters. The molecule has 0 amide bonds. The fourth-order valence-corrected chi connectivity index (χ4v) is 3.48. The first-order valence-corrected chi connectivity index (χ1v) is 7.07. The van der Waals surface area contributed by atoms with Crippen LogP contribution in [0.1, 0.15) is 46.0 Å². The Hall–Kier alpha value is -0.120. The zero-order chi connectivity index (χ0) is 12.5. The van der Waals surface area contributed by atoms with Gasteiger partial charge in [-0.25, -0.2) is 0 Å². The van der Waals surface area contributed by atoms with Crippen molar-refractivity contribution in [1.82, 2.24) is 4.90 Å². The molecular weight excluding hydrogens is 214 g/mol. The molecule has 0 radical (unpaired) electrons. The van der Waals surface area contributed by atoms with Crippen LogP contribution in [0, 0.1) is 11.3 Å². The van der Waals surface area contributed by atoms with Crippen molar-refractivity contribution in [3.8, 4) is 0 Å². The number of likely N-dealkylation sites (tertiary alicyclic amines) is 1. The highest BCUT2D eigenvalue weighted by Gasteiger charge is 2.38. The maximum absolute atomic E-state index is 10.4. The first-order valence-electron chi connectivity index (χ1n) is 7.07. The highest BCUT2D eigenvalue weighted by molar-refractivity contribution is 4.90. The maximum atomic E-state index is 10.4. The second-order valence-electron chi connectivity index (χ2n) is 6.64. The molecule has 17 heavy (non-hydrogen) atoms. The number of β-amino-alcohol motifs (C(OH)–C–C–N with tert-alkyl or cyclic N) is 1. The molecule has 0 spiro atoms. The first kappa shape index (κ1) is 13.3. The summed E-state index contributed by atoms with van der Waals surface area (Å²) in [6.07, 6.45) is 5.19.